The molecule has 108 heavy (non-hydrogen) atoms. The number of carbonyl (C=O) groups excluding carboxylic acids is 11. The number of esters is 4. The first-order chi connectivity index (χ1) is 50.9. The predicted molar refractivity (Wildman–Crippen MR) is 396 cm³/mol. The van der Waals surface area contributed by atoms with E-state index in [0.29, 0.717) is 44.5 Å². The molecule has 0 radical (unpaired) electrons. The van der Waals surface area contributed by atoms with E-state index < -0.39 is 143 Å². The Hall–Kier alpha value is -9.21. The van der Waals surface area contributed by atoms with Crippen molar-refractivity contribution in [2.75, 3.05) is 40.8 Å². The third kappa shape index (κ3) is 16.7. The summed E-state index contributed by atoms with van der Waals surface area (Å²) in [5.41, 5.74) is -6.04. The van der Waals surface area contributed by atoms with Gasteiger partial charge in [-0.15, -0.1) is 0 Å². The molecule has 2 saturated carbocycles. The Balaban J connectivity index is 0.000000261. The second kappa shape index (κ2) is 34.1. The smallest absolute Gasteiger partial charge is 0.338 e. The van der Waals surface area contributed by atoms with Gasteiger partial charge in [-0.3, -0.25) is 48.1 Å². The summed E-state index contributed by atoms with van der Waals surface area (Å²) in [6.45, 7) is 20.7. The van der Waals surface area contributed by atoms with Gasteiger partial charge in [-0.1, -0.05) is 152 Å². The van der Waals surface area contributed by atoms with E-state index >= 15 is 4.79 Å². The van der Waals surface area contributed by atoms with Crippen LogP contribution in [0.2, 0.25) is 0 Å². The summed E-state index contributed by atoms with van der Waals surface area (Å²) < 4.78 is 30.3. The summed E-state index contributed by atoms with van der Waals surface area (Å²) in [4.78, 5) is 159. The number of rotatable bonds is 23. The normalized spacial score (nSPS) is 26.9. The third-order valence-corrected chi connectivity index (χ3v) is 22.8. The second-order valence-electron chi connectivity index (χ2n) is 31.5. The first-order valence-corrected chi connectivity index (χ1v) is 37.3. The van der Waals surface area contributed by atoms with Crippen molar-refractivity contribution in [1.82, 2.24) is 35.6 Å². The molecule has 5 fully saturated rings. The maximum atomic E-state index is 15.5. The molecule has 4 aromatic carbocycles. The molecular weight excluding hydrogens is 1390 g/mol. The monoisotopic (exact) mass is 1490 g/mol. The van der Waals surface area contributed by atoms with E-state index in [1.54, 1.807) is 110 Å². The van der Waals surface area contributed by atoms with E-state index in [-0.39, 0.29) is 82.6 Å². The van der Waals surface area contributed by atoms with E-state index in [1.165, 1.54) is 30.9 Å². The highest BCUT2D eigenvalue weighted by molar-refractivity contribution is 5.98. The molecule has 10 rings (SSSR count). The number of benzene rings is 4. The standard InChI is InChI=1S/C47H51NO14.C35H56N6O5/c1-25-31(60-43(56)36(52)35(28-16-10-7-11-17-28)48-41(54)29-18-12-8-13-19-29)23-47(57)40(61-42(55)30-20-14-9-15-21-30)38-45(6,32(51)22-33-46(38,24-58-33)62-27(3)50)39(53)37(59-26(2)49)34(25)44(47,4)5;1-22(2)28(37-32(43)29(23(3)4)38(7)8)34(45)39(9)30(24(5)6)35(46)41-20-14-18-27(41)33(44)40-19-13-17-26(40)31(42)36-21-25-15-11-10-12-16-25/h7-21,31-33,35-38,40,51-52,57H,22-24H2,1-6H3,(H,48,54);10-12,15-16,22-24,26-30H,13-14,17-21H2,1-9H3,(H,36,42)(H,37,43)/t31-,32-,33+,35-,36+,37+,38-,40-,45+,46-,47+;26-,27-,28-,29-,30-/m00/s1. The molecule has 26 nitrogen and oxygen atoms in total. The predicted octanol–water partition coefficient (Wildman–Crippen LogP) is 6.23. The van der Waals surface area contributed by atoms with Crippen LogP contribution < -0.4 is 16.0 Å². The molecule has 6 N–H and O–H groups in total. The lowest BCUT2D eigenvalue weighted by Gasteiger charge is -2.67. The van der Waals surface area contributed by atoms with Crippen molar-refractivity contribution < 1.29 is 91.7 Å². The van der Waals surface area contributed by atoms with Crippen LogP contribution in [0.5, 0.6) is 0 Å². The average Bonchev–Trinajstić information content (AvgIpc) is 0.688. The minimum atomic E-state index is -2.39. The highest BCUT2D eigenvalue weighted by Gasteiger charge is 2.78. The first-order valence-electron chi connectivity index (χ1n) is 37.3. The number of amides is 6. The summed E-state index contributed by atoms with van der Waals surface area (Å²) in [6, 6.07) is 29.3. The molecule has 4 aromatic rings. The zero-order chi connectivity index (χ0) is 79.2. The summed E-state index contributed by atoms with van der Waals surface area (Å²) >= 11 is 0. The van der Waals surface area contributed by atoms with Crippen molar-refractivity contribution >= 4 is 65.1 Å². The van der Waals surface area contributed by atoms with Gasteiger partial charge in [-0.05, 0) is 118 Å². The molecule has 0 aromatic heterocycles. The van der Waals surface area contributed by atoms with Crippen molar-refractivity contribution in [3.05, 3.63) is 155 Å². The van der Waals surface area contributed by atoms with Gasteiger partial charge in [0.05, 0.1) is 41.7 Å². The van der Waals surface area contributed by atoms with Gasteiger partial charge in [-0.2, -0.15) is 0 Å². The Bertz CT molecular complexity index is 3980. The van der Waals surface area contributed by atoms with Crippen LogP contribution in [0, 0.1) is 34.5 Å². The quantitative estimate of drug-likeness (QED) is 0.0272. The molecule has 6 amide bonds. The van der Waals surface area contributed by atoms with Gasteiger partial charge in [0, 0.05) is 64.3 Å². The van der Waals surface area contributed by atoms with Crippen LogP contribution in [-0.4, -0.2) is 219 Å². The topological polar surface area (TPSA) is 344 Å². The second-order valence-corrected chi connectivity index (χ2v) is 31.5. The van der Waals surface area contributed by atoms with Gasteiger partial charge in [-0.25, -0.2) is 9.59 Å². The highest BCUT2D eigenvalue weighted by atomic mass is 16.6. The number of carbonyl (C=O) groups is 11. The maximum Gasteiger partial charge on any atom is 0.338 e. The number of aliphatic hydroxyl groups excluding tert-OH is 2. The number of hydrogen-bond donors (Lipinski definition) is 6. The number of likely N-dealkylation sites (tertiary alicyclic amines) is 2. The Morgan fingerprint density at radius 1 is 0.685 bits per heavy atom. The summed E-state index contributed by atoms with van der Waals surface area (Å²) in [5.74, 6) is -8.51. The first kappa shape index (κ1) is 82.8. The number of aliphatic hydroxyl groups is 3. The van der Waals surface area contributed by atoms with Gasteiger partial charge >= 0.3 is 23.9 Å². The number of nitrogens with zero attached hydrogens (tertiary/aromatic N) is 4. The minimum Gasteiger partial charge on any atom is -0.456 e. The van der Waals surface area contributed by atoms with E-state index in [1.807, 2.05) is 90.9 Å². The molecular formula is C82H107N7O19. The fourth-order valence-corrected chi connectivity index (χ4v) is 17.2. The zero-order valence-corrected chi connectivity index (χ0v) is 64.5. The van der Waals surface area contributed by atoms with Gasteiger partial charge in [0.25, 0.3) is 5.91 Å². The van der Waals surface area contributed by atoms with E-state index in [0.717, 1.165) is 25.8 Å². The van der Waals surface area contributed by atoms with Gasteiger partial charge < -0.3 is 69.7 Å². The fourth-order valence-electron chi connectivity index (χ4n) is 17.2. The molecule has 16 atom stereocenters. The van der Waals surface area contributed by atoms with Crippen LogP contribution in [0.3, 0.4) is 0 Å². The van der Waals surface area contributed by atoms with Gasteiger partial charge in [0.15, 0.2) is 23.6 Å². The molecule has 3 aliphatic heterocycles. The third-order valence-electron chi connectivity index (χ3n) is 22.8. The average molecular weight is 1490 g/mol. The SMILES string of the molecule is CC(=O)O[C@H]1C(=O)[C@@]2(C)[C@H]([C@H](OC(=O)c3ccccc3)[C@]3(O)C[C@H](OC(=O)[C@H](O)[C@@H](NC(=O)c4ccccc4)c4ccccc4)C(C)=C1C3(C)C)[C@]1(OC(C)=O)CO[C@@H]1C[C@@H]2O.CC(C)[C@H](NC(=O)[C@H](C(C)C)N(C)C)C(=O)N(C)[C@H](C(=O)N1CCC[C@H]1C(=O)N1CCC[C@H]1C(=O)NCc1ccccc1)C(C)C. The number of hydrogen-bond acceptors (Lipinski definition) is 20. The number of nitrogens with one attached hydrogen (secondary N) is 3. The van der Waals surface area contributed by atoms with Crippen LogP contribution in [0.15, 0.2) is 132 Å². The Labute approximate surface area is 631 Å². The van der Waals surface area contributed by atoms with Crippen LogP contribution in [0.4, 0.5) is 0 Å². The van der Waals surface area contributed by atoms with E-state index in [2.05, 4.69) is 16.0 Å². The molecule has 26 heteroatoms. The Kier molecular flexibility index (Phi) is 26.2. The van der Waals surface area contributed by atoms with Gasteiger partial charge in [0.1, 0.15) is 48.1 Å². The number of fused-ring (bicyclic) bond motifs is 5. The number of ether oxygens (including phenoxy) is 5. The van der Waals surface area contributed by atoms with E-state index in [9.17, 15) is 63.3 Å². The molecule has 3 heterocycles. The summed E-state index contributed by atoms with van der Waals surface area (Å²) in [5, 5.41) is 46.2. The molecule has 3 saturated heterocycles. The van der Waals surface area contributed by atoms with Crippen molar-refractivity contribution in [1.29, 1.82) is 0 Å². The maximum absolute atomic E-state index is 15.5. The molecule has 2 bridgehead atoms. The lowest BCUT2D eigenvalue weighted by molar-refractivity contribution is -0.346. The van der Waals surface area contributed by atoms with Crippen molar-refractivity contribution in [3.63, 3.8) is 0 Å². The van der Waals surface area contributed by atoms with E-state index in [4.69, 9.17) is 23.7 Å². The fraction of sp³-hybridized carbons (Fsp3) is 0.549. The lowest BCUT2D eigenvalue weighted by atomic mass is 9.44. The summed E-state index contributed by atoms with van der Waals surface area (Å²) in [6.07, 6.45) is -8.05. The van der Waals surface area contributed by atoms with Crippen LogP contribution in [0.25, 0.3) is 0 Å². The van der Waals surface area contributed by atoms with Crippen LogP contribution in [-0.2, 0) is 73.4 Å². The number of ketones is 1. The molecule has 3 aliphatic carbocycles. The number of likely N-dealkylation sites (N-methyl/N-ethyl adjacent to an activating group) is 2. The van der Waals surface area contributed by atoms with Crippen LogP contribution in [0.1, 0.15) is 159 Å². The molecule has 6 aliphatic rings. The van der Waals surface area contributed by atoms with Gasteiger partial charge in [0.2, 0.25) is 29.5 Å². The molecule has 0 unspecified atom stereocenters. The molecule has 0 spiro atoms. The van der Waals surface area contributed by atoms with Crippen molar-refractivity contribution in [2.45, 2.75) is 212 Å². The lowest BCUT2D eigenvalue weighted by Crippen LogP contribution is -2.82. The highest BCUT2D eigenvalue weighted by Crippen LogP contribution is 2.64. The molecule has 584 valence electrons. The van der Waals surface area contributed by atoms with Crippen LogP contribution >= 0.6 is 0 Å². The van der Waals surface area contributed by atoms with Crippen molar-refractivity contribution in [3.8, 4) is 0 Å². The van der Waals surface area contributed by atoms with Crippen molar-refractivity contribution in [2.24, 2.45) is 34.5 Å². The largest absolute Gasteiger partial charge is 0.456 e. The Morgan fingerprint density at radius 2 is 1.24 bits per heavy atom. The minimum absolute atomic E-state index is 0.00289. The Morgan fingerprint density at radius 3 is 1.78 bits per heavy atom. The summed E-state index contributed by atoms with van der Waals surface area (Å²) in [7, 11) is 5.29. The number of Topliss-reactive ketones (excluding diaryl/α,β-unsaturated/α-hetero) is 1. The zero-order valence-electron chi connectivity index (χ0n) is 64.5.